The highest BCUT2D eigenvalue weighted by atomic mass is 19.1. The third kappa shape index (κ3) is 5.48. The van der Waals surface area contributed by atoms with Crippen LogP contribution in [-0.2, 0) is 11.3 Å². The van der Waals surface area contributed by atoms with Crippen molar-refractivity contribution in [3.8, 4) is 17.1 Å². The molecular formula is C27H31FN6O3. The lowest BCUT2D eigenvalue weighted by Crippen LogP contribution is -2.38. The molecule has 5 rings (SSSR count). The van der Waals surface area contributed by atoms with Crippen LogP contribution in [0.25, 0.3) is 11.3 Å². The van der Waals surface area contributed by atoms with Crippen molar-refractivity contribution in [1.82, 2.24) is 20.3 Å². The number of pyridine rings is 1. The summed E-state index contributed by atoms with van der Waals surface area (Å²) < 4.78 is 19.7. The number of amidine groups is 1. The van der Waals surface area contributed by atoms with Gasteiger partial charge in [0, 0.05) is 18.1 Å². The maximum Gasteiger partial charge on any atom is 0.220 e. The third-order valence-electron chi connectivity index (χ3n) is 7.01. The molecule has 194 valence electrons. The van der Waals surface area contributed by atoms with Crippen LogP contribution in [0, 0.1) is 18.7 Å². The van der Waals surface area contributed by atoms with E-state index in [2.05, 4.69) is 25.4 Å². The molecule has 1 aliphatic heterocycles. The topological polar surface area (TPSA) is 128 Å². The number of anilines is 1. The van der Waals surface area contributed by atoms with Crippen molar-refractivity contribution < 1.29 is 19.1 Å². The van der Waals surface area contributed by atoms with Gasteiger partial charge in [-0.05, 0) is 62.3 Å². The molecule has 0 bridgehead atoms. The average molecular weight is 507 g/mol. The minimum absolute atomic E-state index is 0.187. The number of hydrogen-bond donors (Lipinski definition) is 3. The van der Waals surface area contributed by atoms with Gasteiger partial charge in [0.25, 0.3) is 0 Å². The Morgan fingerprint density at radius 2 is 1.95 bits per heavy atom. The number of methoxy groups -OCH3 is 1. The van der Waals surface area contributed by atoms with Gasteiger partial charge in [-0.2, -0.15) is 0 Å². The fraction of sp³-hybridized carbons (Fsp3) is 0.407. The van der Waals surface area contributed by atoms with E-state index in [9.17, 15) is 9.50 Å². The predicted octanol–water partition coefficient (Wildman–Crippen LogP) is 3.69. The van der Waals surface area contributed by atoms with Crippen LogP contribution in [0.4, 0.5) is 10.3 Å². The number of fused-ring (bicyclic) bond motifs is 1. The molecule has 1 fully saturated rings. The van der Waals surface area contributed by atoms with Gasteiger partial charge in [-0.25, -0.2) is 19.3 Å². The Hall–Kier alpha value is -3.79. The average Bonchev–Trinajstić information content (AvgIpc) is 2.89. The summed E-state index contributed by atoms with van der Waals surface area (Å²) in [5.74, 6) is 1.12. The Kier molecular flexibility index (Phi) is 7.18. The van der Waals surface area contributed by atoms with Gasteiger partial charge in [-0.3, -0.25) is 0 Å². The summed E-state index contributed by atoms with van der Waals surface area (Å²) in [7, 11) is 1.54. The molecule has 1 atom stereocenters. The number of nitrogens with zero attached hydrogens (tertiary/aromatic N) is 4. The van der Waals surface area contributed by atoms with Crippen LogP contribution in [0.1, 0.15) is 54.2 Å². The molecule has 2 aromatic heterocycles. The molecule has 1 aromatic carbocycles. The molecule has 0 saturated heterocycles. The second-order valence-corrected chi connectivity index (χ2v) is 9.60. The highest BCUT2D eigenvalue weighted by molar-refractivity contribution is 6.01. The minimum Gasteiger partial charge on any atom is -0.481 e. The second-order valence-electron chi connectivity index (χ2n) is 9.60. The van der Waals surface area contributed by atoms with Crippen molar-refractivity contribution in [3.05, 3.63) is 64.7 Å². The highest BCUT2D eigenvalue weighted by Crippen LogP contribution is 2.34. The molecule has 0 spiro atoms. The van der Waals surface area contributed by atoms with Gasteiger partial charge < -0.3 is 25.7 Å². The van der Waals surface area contributed by atoms with Crippen LogP contribution >= 0.6 is 0 Å². The van der Waals surface area contributed by atoms with Crippen LogP contribution in [-0.4, -0.2) is 45.7 Å². The van der Waals surface area contributed by atoms with Crippen LogP contribution in [0.3, 0.4) is 0 Å². The summed E-state index contributed by atoms with van der Waals surface area (Å²) in [6, 6.07) is 9.74. The number of benzene rings is 1. The molecule has 1 saturated carbocycles. The first kappa shape index (κ1) is 24.9. The lowest BCUT2D eigenvalue weighted by atomic mass is 9.88. The zero-order valence-electron chi connectivity index (χ0n) is 20.9. The Bertz CT molecular complexity index is 1310. The molecule has 4 N–H and O–H groups in total. The minimum atomic E-state index is -0.364. The first-order valence-electron chi connectivity index (χ1n) is 12.5. The molecule has 2 aliphatic rings. The molecule has 0 radical (unpaired) electrons. The molecule has 0 amide bonds. The number of nitrogen functional groups attached to an aromatic ring is 1. The molecule has 10 heteroatoms. The van der Waals surface area contributed by atoms with E-state index in [-0.39, 0.29) is 23.9 Å². The number of nitrogens with one attached hydrogen (secondary N) is 1. The number of oxime groups is 1. The van der Waals surface area contributed by atoms with Gasteiger partial charge in [0.15, 0.2) is 5.84 Å². The monoisotopic (exact) mass is 506 g/mol. The smallest absolute Gasteiger partial charge is 0.220 e. The standard InChI is InChI=1S/C27H31FN6O3/c1-15-25-23(33-27(29)30-15)13-22(32-26(25)34-37-14-16-6-9-18(35)10-7-16)19-11-8-17(28)12-20(19)21-4-3-5-24(31-21)36-2/h3-5,8,11-12,16,18,22,35H,6-7,9-10,13-14H2,1-2H3,(H,32,34)(H2,29,30,33)/t16?,18?,22-/m1/s1. The van der Waals surface area contributed by atoms with Crippen LogP contribution in [0.2, 0.25) is 0 Å². The van der Waals surface area contributed by atoms with Crippen molar-refractivity contribution in [2.45, 2.75) is 51.2 Å². The summed E-state index contributed by atoms with van der Waals surface area (Å²) in [4.78, 5) is 19.2. The molecule has 3 heterocycles. The zero-order chi connectivity index (χ0) is 25.9. The summed E-state index contributed by atoms with van der Waals surface area (Å²) in [5, 5.41) is 17.7. The van der Waals surface area contributed by atoms with Gasteiger partial charge in [-0.15, -0.1) is 0 Å². The van der Waals surface area contributed by atoms with Crippen LogP contribution in [0.15, 0.2) is 41.6 Å². The Morgan fingerprint density at radius 1 is 1.14 bits per heavy atom. The van der Waals surface area contributed by atoms with Crippen LogP contribution in [0.5, 0.6) is 5.88 Å². The summed E-state index contributed by atoms with van der Waals surface area (Å²) in [6.45, 7) is 2.32. The SMILES string of the molecule is COc1cccc(-c2cc(F)ccc2[C@H]2Cc3nc(N)nc(C)c3/C(=N/OCC3CCC(O)CC3)N2)n1. The van der Waals surface area contributed by atoms with E-state index in [1.807, 2.05) is 19.1 Å². The molecule has 37 heavy (non-hydrogen) atoms. The maximum absolute atomic E-state index is 14.4. The zero-order valence-corrected chi connectivity index (χ0v) is 20.9. The Balaban J connectivity index is 1.48. The largest absolute Gasteiger partial charge is 0.481 e. The van der Waals surface area contributed by atoms with E-state index in [1.54, 1.807) is 19.2 Å². The van der Waals surface area contributed by atoms with Crippen LogP contribution < -0.4 is 15.8 Å². The molecular weight excluding hydrogens is 475 g/mol. The number of rotatable bonds is 6. The summed E-state index contributed by atoms with van der Waals surface area (Å²) in [6.07, 6.45) is 3.65. The number of aryl methyl sites for hydroxylation is 1. The Labute approximate surface area is 214 Å². The fourth-order valence-electron chi connectivity index (χ4n) is 5.10. The van der Waals surface area contributed by atoms with E-state index < -0.39 is 0 Å². The highest BCUT2D eigenvalue weighted by Gasteiger charge is 2.30. The van der Waals surface area contributed by atoms with Gasteiger partial charge in [0.2, 0.25) is 11.8 Å². The molecule has 0 unspecified atom stereocenters. The number of aliphatic hydroxyl groups excluding tert-OH is 1. The molecule has 1 aliphatic carbocycles. The van der Waals surface area contributed by atoms with Gasteiger partial charge >= 0.3 is 0 Å². The number of hydrogen-bond acceptors (Lipinski definition) is 8. The predicted molar refractivity (Wildman–Crippen MR) is 137 cm³/mol. The first-order valence-corrected chi connectivity index (χ1v) is 12.5. The van der Waals surface area contributed by atoms with Crippen molar-refractivity contribution in [1.29, 1.82) is 0 Å². The number of aromatic nitrogens is 3. The van der Waals surface area contributed by atoms with E-state index >= 15 is 0 Å². The van der Waals surface area contributed by atoms with Gasteiger partial charge in [0.05, 0.1) is 41.9 Å². The van der Waals surface area contributed by atoms with E-state index in [4.69, 9.17) is 15.3 Å². The second kappa shape index (κ2) is 10.7. The van der Waals surface area contributed by atoms with E-state index in [0.29, 0.717) is 47.6 Å². The van der Waals surface area contributed by atoms with E-state index in [0.717, 1.165) is 42.5 Å². The number of ether oxygens (including phenoxy) is 1. The van der Waals surface area contributed by atoms with Crippen molar-refractivity contribution in [2.75, 3.05) is 19.5 Å². The van der Waals surface area contributed by atoms with Crippen molar-refractivity contribution >= 4 is 11.8 Å². The first-order chi connectivity index (χ1) is 17.9. The molecule has 3 aromatic rings. The van der Waals surface area contributed by atoms with E-state index in [1.165, 1.54) is 12.1 Å². The van der Waals surface area contributed by atoms with Gasteiger partial charge in [-0.1, -0.05) is 17.3 Å². The quantitative estimate of drug-likeness (QED) is 0.432. The van der Waals surface area contributed by atoms with Crippen molar-refractivity contribution in [3.63, 3.8) is 0 Å². The lowest BCUT2D eigenvalue weighted by molar-refractivity contribution is 0.0538. The number of aliphatic hydroxyl groups is 1. The Morgan fingerprint density at radius 3 is 2.73 bits per heavy atom. The maximum atomic E-state index is 14.4. The third-order valence-corrected chi connectivity index (χ3v) is 7.01. The normalized spacial score (nSPS) is 22.3. The summed E-state index contributed by atoms with van der Waals surface area (Å²) >= 11 is 0. The number of halogens is 1. The van der Waals surface area contributed by atoms with Gasteiger partial charge in [0.1, 0.15) is 12.4 Å². The van der Waals surface area contributed by atoms with Crippen molar-refractivity contribution in [2.24, 2.45) is 11.1 Å². The molecule has 9 nitrogen and oxygen atoms in total. The summed E-state index contributed by atoms with van der Waals surface area (Å²) in [5.41, 5.74) is 10.2. The number of nitrogens with two attached hydrogens (primary N) is 1. The fourth-order valence-corrected chi connectivity index (χ4v) is 5.10. The lowest BCUT2D eigenvalue weighted by Gasteiger charge is -2.30.